The Hall–Kier alpha value is -1.32. The lowest BCUT2D eigenvalue weighted by atomic mass is 10.1. The lowest BCUT2D eigenvalue weighted by Gasteiger charge is -2.15. The van der Waals surface area contributed by atoms with Gasteiger partial charge in [0.25, 0.3) is 0 Å². The van der Waals surface area contributed by atoms with Gasteiger partial charge in [-0.15, -0.1) is 0 Å². The van der Waals surface area contributed by atoms with Crippen LogP contribution in [0.4, 0.5) is 0 Å². The third-order valence-electron chi connectivity index (χ3n) is 3.38. The van der Waals surface area contributed by atoms with Crippen LogP contribution in [0.15, 0.2) is 12.2 Å². The van der Waals surface area contributed by atoms with Crippen molar-refractivity contribution < 1.29 is 19.1 Å². The highest BCUT2D eigenvalue weighted by Gasteiger charge is 2.12. The first kappa shape index (κ1) is 19.7. The highest BCUT2D eigenvalue weighted by atomic mass is 16.5. The van der Waals surface area contributed by atoms with Crippen LogP contribution < -0.4 is 0 Å². The van der Waals surface area contributed by atoms with Crippen molar-refractivity contribution in [1.29, 1.82) is 0 Å². The third-order valence-corrected chi connectivity index (χ3v) is 3.38. The molecule has 0 saturated heterocycles. The molecule has 0 amide bonds. The molecule has 0 fully saturated rings. The summed E-state index contributed by atoms with van der Waals surface area (Å²) < 4.78 is 10.3. The molecule has 0 rings (SSSR count). The maximum Gasteiger partial charge on any atom is 0.331 e. The number of rotatable bonds is 10. The Balaban J connectivity index is 3.96. The summed E-state index contributed by atoms with van der Waals surface area (Å²) in [5, 5.41) is 0. The molecule has 0 aromatic rings. The second-order valence-electron chi connectivity index (χ2n) is 5.82. The van der Waals surface area contributed by atoms with E-state index in [2.05, 4.69) is 6.92 Å². The van der Waals surface area contributed by atoms with Crippen LogP contribution in [0, 0.1) is 5.92 Å². The van der Waals surface area contributed by atoms with Crippen molar-refractivity contribution in [2.45, 2.75) is 78.9 Å². The van der Waals surface area contributed by atoms with Gasteiger partial charge in [0, 0.05) is 12.2 Å². The first-order valence-corrected chi connectivity index (χ1v) is 7.96. The summed E-state index contributed by atoms with van der Waals surface area (Å²) in [5.74, 6) is -0.756. The summed E-state index contributed by atoms with van der Waals surface area (Å²) in [4.78, 5) is 23.0. The second-order valence-corrected chi connectivity index (χ2v) is 5.82. The van der Waals surface area contributed by atoms with Crippen LogP contribution in [0.3, 0.4) is 0 Å². The van der Waals surface area contributed by atoms with Gasteiger partial charge in [-0.25, -0.2) is 9.59 Å². The molecule has 4 nitrogen and oxygen atoms in total. The molecule has 0 aliphatic rings. The van der Waals surface area contributed by atoms with Crippen LogP contribution in [0.1, 0.15) is 66.7 Å². The normalized spacial score (nSPS) is 14.2. The van der Waals surface area contributed by atoms with Crippen LogP contribution in [-0.2, 0) is 19.1 Å². The molecule has 0 aromatic carbocycles. The zero-order valence-corrected chi connectivity index (χ0v) is 14.1. The molecule has 0 aliphatic carbocycles. The van der Waals surface area contributed by atoms with E-state index < -0.39 is 11.9 Å². The minimum Gasteiger partial charge on any atom is -0.460 e. The third kappa shape index (κ3) is 11.1. The van der Waals surface area contributed by atoms with Gasteiger partial charge < -0.3 is 9.47 Å². The number of ether oxygens (including phenoxy) is 2. The summed E-state index contributed by atoms with van der Waals surface area (Å²) in [7, 11) is 0. The molecular weight excluding hydrogens is 268 g/mol. The van der Waals surface area contributed by atoms with Crippen molar-refractivity contribution in [3.8, 4) is 0 Å². The molecule has 0 saturated carbocycles. The van der Waals surface area contributed by atoms with Crippen molar-refractivity contribution in [3.05, 3.63) is 12.2 Å². The molecule has 0 heterocycles. The Morgan fingerprint density at radius 3 is 2.00 bits per heavy atom. The average Bonchev–Trinajstić information content (AvgIpc) is 2.41. The van der Waals surface area contributed by atoms with Crippen LogP contribution in [0.5, 0.6) is 0 Å². The molecule has 2 unspecified atom stereocenters. The number of hydrogen-bond acceptors (Lipinski definition) is 4. The maximum absolute atomic E-state index is 11.5. The molecule has 0 spiro atoms. The van der Waals surface area contributed by atoms with Gasteiger partial charge in [-0.05, 0) is 32.6 Å². The standard InChI is InChI=1S/C17H30O4/c1-6-7-8-9-10-14(4)20-16(18)11-12-17(19)21-15(5)13(2)3/h11-15H,6-10H2,1-5H3/b12-11+. The van der Waals surface area contributed by atoms with Crippen LogP contribution >= 0.6 is 0 Å². The molecule has 0 bridgehead atoms. The molecule has 4 heteroatoms. The van der Waals surface area contributed by atoms with Crippen LogP contribution in [-0.4, -0.2) is 24.1 Å². The predicted molar refractivity (Wildman–Crippen MR) is 83.8 cm³/mol. The van der Waals surface area contributed by atoms with E-state index in [1.165, 1.54) is 12.8 Å². The minimum atomic E-state index is -0.510. The van der Waals surface area contributed by atoms with E-state index in [4.69, 9.17) is 9.47 Å². The first-order valence-electron chi connectivity index (χ1n) is 7.96. The highest BCUT2D eigenvalue weighted by Crippen LogP contribution is 2.08. The number of unbranched alkanes of at least 4 members (excludes halogenated alkanes) is 3. The van der Waals surface area contributed by atoms with E-state index >= 15 is 0 Å². The van der Waals surface area contributed by atoms with E-state index in [-0.39, 0.29) is 18.1 Å². The summed E-state index contributed by atoms with van der Waals surface area (Å²) >= 11 is 0. The fraction of sp³-hybridized carbons (Fsp3) is 0.765. The SMILES string of the molecule is CCCCCCC(C)OC(=O)/C=C/C(=O)OC(C)C(C)C. The van der Waals surface area contributed by atoms with Crippen molar-refractivity contribution in [3.63, 3.8) is 0 Å². The Kier molecular flexibility index (Phi) is 10.6. The first-order chi connectivity index (χ1) is 9.86. The molecule has 2 atom stereocenters. The van der Waals surface area contributed by atoms with Crippen LogP contribution in [0.25, 0.3) is 0 Å². The Morgan fingerprint density at radius 1 is 0.905 bits per heavy atom. The Bertz CT molecular complexity index is 334. The van der Waals surface area contributed by atoms with Gasteiger partial charge in [0.2, 0.25) is 0 Å². The quantitative estimate of drug-likeness (QED) is 0.347. The zero-order valence-electron chi connectivity index (χ0n) is 14.1. The molecule has 122 valence electrons. The Morgan fingerprint density at radius 2 is 1.48 bits per heavy atom. The predicted octanol–water partition coefficient (Wildman–Crippen LogP) is 4.03. The monoisotopic (exact) mass is 298 g/mol. The van der Waals surface area contributed by atoms with E-state index in [1.807, 2.05) is 27.7 Å². The van der Waals surface area contributed by atoms with Gasteiger partial charge in [0.1, 0.15) is 6.10 Å². The highest BCUT2D eigenvalue weighted by molar-refractivity contribution is 5.91. The molecule has 0 aromatic heterocycles. The Labute approximate surface area is 128 Å². The second kappa shape index (κ2) is 11.4. The largest absolute Gasteiger partial charge is 0.460 e. The molecule has 0 N–H and O–H groups in total. The van der Waals surface area contributed by atoms with Gasteiger partial charge in [0.05, 0.1) is 6.10 Å². The summed E-state index contributed by atoms with van der Waals surface area (Å²) in [6.45, 7) is 9.80. The average molecular weight is 298 g/mol. The summed E-state index contributed by atoms with van der Waals surface area (Å²) in [5.41, 5.74) is 0. The minimum absolute atomic E-state index is 0.121. The van der Waals surface area contributed by atoms with Gasteiger partial charge in [-0.2, -0.15) is 0 Å². The fourth-order valence-corrected chi connectivity index (χ4v) is 1.65. The molecule has 0 radical (unpaired) electrons. The van der Waals surface area contributed by atoms with Crippen molar-refractivity contribution in [2.75, 3.05) is 0 Å². The van der Waals surface area contributed by atoms with Gasteiger partial charge in [-0.3, -0.25) is 0 Å². The maximum atomic E-state index is 11.5. The van der Waals surface area contributed by atoms with Gasteiger partial charge in [0.15, 0.2) is 0 Å². The van der Waals surface area contributed by atoms with E-state index in [9.17, 15) is 9.59 Å². The molecule has 0 aliphatic heterocycles. The number of carbonyl (C=O) groups is 2. The van der Waals surface area contributed by atoms with Crippen molar-refractivity contribution >= 4 is 11.9 Å². The fourth-order valence-electron chi connectivity index (χ4n) is 1.65. The van der Waals surface area contributed by atoms with Crippen molar-refractivity contribution in [1.82, 2.24) is 0 Å². The van der Waals surface area contributed by atoms with Crippen LogP contribution in [0.2, 0.25) is 0 Å². The smallest absolute Gasteiger partial charge is 0.331 e. The number of carbonyl (C=O) groups excluding carboxylic acids is 2. The number of hydrogen-bond donors (Lipinski definition) is 0. The summed E-state index contributed by atoms with van der Waals surface area (Å²) in [6.07, 6.45) is 7.44. The molecular formula is C17H30O4. The lowest BCUT2D eigenvalue weighted by molar-refractivity contribution is -0.146. The zero-order chi connectivity index (χ0) is 16.3. The van der Waals surface area contributed by atoms with Crippen molar-refractivity contribution in [2.24, 2.45) is 5.92 Å². The summed E-state index contributed by atoms with van der Waals surface area (Å²) in [6, 6.07) is 0. The van der Waals surface area contributed by atoms with E-state index in [1.54, 1.807) is 0 Å². The topological polar surface area (TPSA) is 52.6 Å². The van der Waals surface area contributed by atoms with Gasteiger partial charge in [-0.1, -0.05) is 40.0 Å². The van der Waals surface area contributed by atoms with E-state index in [0.29, 0.717) is 0 Å². The molecule has 21 heavy (non-hydrogen) atoms. The lowest BCUT2D eigenvalue weighted by Crippen LogP contribution is -2.19. The van der Waals surface area contributed by atoms with Gasteiger partial charge >= 0.3 is 11.9 Å². The number of esters is 2. The van der Waals surface area contributed by atoms with E-state index in [0.717, 1.165) is 31.4 Å².